The van der Waals surface area contributed by atoms with Gasteiger partial charge in [0.15, 0.2) is 5.82 Å². The Hall–Kier alpha value is -4.27. The maximum Gasteiger partial charge on any atom is 0.310 e. The number of carbonyl (C=O) groups is 3. The number of nitrogens with one attached hydrogen (secondary N) is 1. The highest BCUT2D eigenvalue weighted by Gasteiger charge is 2.39. The van der Waals surface area contributed by atoms with E-state index >= 15 is 0 Å². The highest BCUT2D eigenvalue weighted by molar-refractivity contribution is 5.98. The third-order valence-electron chi connectivity index (χ3n) is 10.9. The lowest BCUT2D eigenvalue weighted by Gasteiger charge is -2.39. The number of carbonyl (C=O) groups excluding carboxylic acids is 2. The molecule has 0 spiro atoms. The van der Waals surface area contributed by atoms with Crippen molar-refractivity contribution in [1.29, 1.82) is 0 Å². The Morgan fingerprint density at radius 1 is 0.875 bits per heavy atom. The minimum atomic E-state index is -0.912. The van der Waals surface area contributed by atoms with Crippen LogP contribution in [0.4, 0.5) is 5.69 Å². The fourth-order valence-electron chi connectivity index (χ4n) is 7.83. The van der Waals surface area contributed by atoms with Crippen LogP contribution in [0.5, 0.6) is 0 Å². The molecule has 1 saturated carbocycles. The van der Waals surface area contributed by atoms with E-state index in [1.165, 1.54) is 56.3 Å². The van der Waals surface area contributed by atoms with Gasteiger partial charge in [0.1, 0.15) is 6.04 Å². The summed E-state index contributed by atoms with van der Waals surface area (Å²) in [5.41, 5.74) is 4.32. The predicted molar refractivity (Wildman–Crippen MR) is 187 cm³/mol. The summed E-state index contributed by atoms with van der Waals surface area (Å²) in [5.74, 6) is 1.25. The Morgan fingerprint density at radius 2 is 1.50 bits per heavy atom. The van der Waals surface area contributed by atoms with Crippen molar-refractivity contribution in [2.24, 2.45) is 23.7 Å². The molecule has 48 heavy (non-hydrogen) atoms. The number of carboxylic acids is 1. The van der Waals surface area contributed by atoms with Gasteiger partial charge in [-0.3, -0.25) is 14.4 Å². The van der Waals surface area contributed by atoms with Crippen LogP contribution in [-0.2, 0) is 16.0 Å². The van der Waals surface area contributed by atoms with Gasteiger partial charge in [0, 0.05) is 43.7 Å². The maximum atomic E-state index is 13.4. The number of amides is 2. The first-order valence-electron chi connectivity index (χ1n) is 17.8. The molecular formula is C39H49N5O4. The molecular weight excluding hydrogens is 602 g/mol. The molecule has 254 valence electrons. The zero-order valence-electron chi connectivity index (χ0n) is 28.3. The lowest BCUT2D eigenvalue weighted by molar-refractivity contribution is -0.153. The first-order valence-corrected chi connectivity index (χ1v) is 17.8. The average Bonchev–Trinajstić information content (AvgIpc) is 3.08. The zero-order valence-corrected chi connectivity index (χ0v) is 28.3. The molecule has 3 fully saturated rings. The number of likely N-dealkylation sites (tertiary alicyclic amines) is 1. The Morgan fingerprint density at radius 3 is 2.10 bits per heavy atom. The Balaban J connectivity index is 1.05. The van der Waals surface area contributed by atoms with Gasteiger partial charge < -0.3 is 20.2 Å². The second kappa shape index (κ2) is 15.3. The van der Waals surface area contributed by atoms with Crippen LogP contribution in [0.1, 0.15) is 79.8 Å². The van der Waals surface area contributed by atoms with E-state index in [1.807, 2.05) is 55.7 Å². The quantitative estimate of drug-likeness (QED) is 0.255. The molecule has 9 heteroatoms. The van der Waals surface area contributed by atoms with E-state index in [2.05, 4.69) is 17.1 Å². The zero-order chi connectivity index (χ0) is 33.6. The summed E-state index contributed by atoms with van der Waals surface area (Å²) in [7, 11) is 0. The van der Waals surface area contributed by atoms with Crippen LogP contribution in [0.25, 0.3) is 11.4 Å². The van der Waals surface area contributed by atoms with Gasteiger partial charge >= 0.3 is 5.97 Å². The monoisotopic (exact) mass is 651 g/mol. The predicted octanol–water partition coefficient (Wildman–Crippen LogP) is 6.16. The summed E-state index contributed by atoms with van der Waals surface area (Å²) in [6, 6.07) is 14.1. The van der Waals surface area contributed by atoms with Gasteiger partial charge in [-0.05, 0) is 68.1 Å². The number of nitrogens with zero attached hydrogens (tertiary/aromatic N) is 4. The molecule has 1 aromatic heterocycles. The molecule has 6 rings (SSSR count). The fraction of sp³-hybridized carbons (Fsp3) is 0.513. The number of carboxylic acid groups (broad SMARTS) is 1. The van der Waals surface area contributed by atoms with Crippen molar-refractivity contribution in [3.05, 3.63) is 77.6 Å². The second-order valence-corrected chi connectivity index (χ2v) is 14.2. The van der Waals surface area contributed by atoms with E-state index in [9.17, 15) is 19.5 Å². The Labute approximate surface area is 284 Å². The summed E-state index contributed by atoms with van der Waals surface area (Å²) in [6.07, 6.45) is 15.0. The standard InChI is InChI=1S/C39H49N5O4/c1-3-4-27-7-13-29(14-8-27)30-17-19-43(20-18-30)34-22-40-36(41-23-34)31-15-9-28(10-16-31)21-35(38(46)44-24-33(25-44)39(47)48)42-37(45)32-11-5-26(2)6-12-32/h5-6,9-12,15-16,22-23,27,29-30,33,35H,3-4,7-8,13-14,17-21,24-25H2,1-2H3,(H,42,45)(H,47,48)/t27-,29-,35-/m0/s1. The number of aryl methyl sites for hydroxylation is 1. The number of hydrogen-bond donors (Lipinski definition) is 2. The van der Waals surface area contributed by atoms with Crippen LogP contribution >= 0.6 is 0 Å². The molecule has 1 atom stereocenters. The van der Waals surface area contributed by atoms with Crippen molar-refractivity contribution >= 4 is 23.5 Å². The van der Waals surface area contributed by atoms with E-state index < -0.39 is 17.9 Å². The maximum absolute atomic E-state index is 13.4. The molecule has 3 aromatic rings. The van der Waals surface area contributed by atoms with E-state index in [1.54, 1.807) is 12.1 Å². The fourth-order valence-corrected chi connectivity index (χ4v) is 7.83. The van der Waals surface area contributed by atoms with E-state index in [4.69, 9.17) is 9.97 Å². The summed E-state index contributed by atoms with van der Waals surface area (Å²) in [4.78, 5) is 51.1. The van der Waals surface area contributed by atoms with Crippen LogP contribution in [0.15, 0.2) is 60.9 Å². The minimum Gasteiger partial charge on any atom is -0.481 e. The molecule has 9 nitrogen and oxygen atoms in total. The van der Waals surface area contributed by atoms with Crippen LogP contribution in [-0.4, -0.2) is 70.0 Å². The van der Waals surface area contributed by atoms with Crippen molar-refractivity contribution in [2.75, 3.05) is 31.1 Å². The second-order valence-electron chi connectivity index (χ2n) is 14.2. The average molecular weight is 652 g/mol. The van der Waals surface area contributed by atoms with Gasteiger partial charge in [-0.2, -0.15) is 0 Å². The third kappa shape index (κ3) is 8.05. The summed E-state index contributed by atoms with van der Waals surface area (Å²) < 4.78 is 0. The molecule has 1 aliphatic carbocycles. The minimum absolute atomic E-state index is 0.148. The first kappa shape index (κ1) is 33.6. The Bertz CT molecular complexity index is 1540. The highest BCUT2D eigenvalue weighted by atomic mass is 16.4. The SMILES string of the molecule is CCC[C@H]1CC[C@H](C2CCN(c3cnc(-c4ccc(C[C@H](NC(=O)c5ccc(C)cc5)C(=O)N5CC(C(=O)O)C5)cc4)nc3)CC2)CC1. The molecule has 2 saturated heterocycles. The van der Waals surface area contributed by atoms with E-state index in [0.29, 0.717) is 11.4 Å². The first-order chi connectivity index (χ1) is 23.3. The number of benzene rings is 2. The summed E-state index contributed by atoms with van der Waals surface area (Å²) in [6.45, 7) is 6.67. The third-order valence-corrected chi connectivity index (χ3v) is 10.9. The van der Waals surface area contributed by atoms with Gasteiger partial charge in [-0.25, -0.2) is 9.97 Å². The number of hydrogen-bond acceptors (Lipinski definition) is 6. The number of rotatable bonds is 11. The highest BCUT2D eigenvalue weighted by Crippen LogP contribution is 2.39. The van der Waals surface area contributed by atoms with Crippen molar-refractivity contribution in [3.63, 3.8) is 0 Å². The van der Waals surface area contributed by atoms with E-state index in [-0.39, 0.29) is 31.3 Å². The van der Waals surface area contributed by atoms with Gasteiger partial charge in [0.05, 0.1) is 24.0 Å². The number of piperidine rings is 1. The van der Waals surface area contributed by atoms with Crippen LogP contribution in [0.2, 0.25) is 0 Å². The molecule has 2 aliphatic heterocycles. The summed E-state index contributed by atoms with van der Waals surface area (Å²) in [5, 5.41) is 12.2. The molecule has 2 amide bonds. The van der Waals surface area contributed by atoms with E-state index in [0.717, 1.165) is 53.2 Å². The summed E-state index contributed by atoms with van der Waals surface area (Å²) >= 11 is 0. The number of anilines is 1. The number of aliphatic carboxylic acids is 1. The van der Waals surface area contributed by atoms with Crippen molar-refractivity contribution < 1.29 is 19.5 Å². The lowest BCUT2D eigenvalue weighted by Crippen LogP contribution is -2.59. The van der Waals surface area contributed by atoms with Crippen molar-refractivity contribution in [1.82, 2.24) is 20.2 Å². The molecule has 0 bridgehead atoms. The van der Waals surface area contributed by atoms with Crippen LogP contribution in [0.3, 0.4) is 0 Å². The lowest BCUT2D eigenvalue weighted by atomic mass is 9.72. The van der Waals surface area contributed by atoms with Crippen molar-refractivity contribution in [2.45, 2.75) is 77.7 Å². The molecule has 3 aliphatic rings. The van der Waals surface area contributed by atoms with Gasteiger partial charge in [-0.15, -0.1) is 0 Å². The molecule has 0 radical (unpaired) electrons. The largest absolute Gasteiger partial charge is 0.481 e. The van der Waals surface area contributed by atoms with Gasteiger partial charge in [0.2, 0.25) is 5.91 Å². The van der Waals surface area contributed by atoms with Gasteiger partial charge in [0.25, 0.3) is 5.91 Å². The van der Waals surface area contributed by atoms with Gasteiger partial charge in [-0.1, -0.05) is 74.6 Å². The molecule has 2 N–H and O–H groups in total. The normalized spacial score (nSPS) is 21.0. The smallest absolute Gasteiger partial charge is 0.310 e. The van der Waals surface area contributed by atoms with Crippen LogP contribution in [0, 0.1) is 30.6 Å². The molecule has 2 aromatic carbocycles. The molecule has 0 unspecified atom stereocenters. The van der Waals surface area contributed by atoms with Crippen molar-refractivity contribution in [3.8, 4) is 11.4 Å². The van der Waals surface area contributed by atoms with Crippen LogP contribution < -0.4 is 10.2 Å². The Kier molecular flexibility index (Phi) is 10.7. The number of aromatic nitrogens is 2. The topological polar surface area (TPSA) is 116 Å². The molecule has 3 heterocycles.